The third-order valence-electron chi connectivity index (χ3n) is 4.65. The molecule has 0 aliphatic carbocycles. The monoisotopic (exact) mass is 346 g/mol. The fraction of sp³-hybridized carbons (Fsp3) is 0.619. The van der Waals surface area contributed by atoms with E-state index in [4.69, 9.17) is 0 Å². The van der Waals surface area contributed by atoms with Crippen molar-refractivity contribution in [3.05, 3.63) is 35.4 Å². The summed E-state index contributed by atoms with van der Waals surface area (Å²) in [4.78, 5) is 21.8. The van der Waals surface area contributed by atoms with Gasteiger partial charge in [-0.1, -0.05) is 63.3 Å². The van der Waals surface area contributed by atoms with Crippen LogP contribution >= 0.6 is 0 Å². The van der Waals surface area contributed by atoms with E-state index in [1.807, 2.05) is 18.2 Å². The molecule has 0 radical (unpaired) electrons. The number of aliphatic carboxylic acids is 2. The Kier molecular flexibility index (Phi) is 10.6. The molecule has 1 rings (SSSR count). The van der Waals surface area contributed by atoms with Crippen molar-refractivity contribution in [2.45, 2.75) is 77.6 Å². The summed E-state index contributed by atoms with van der Waals surface area (Å²) in [7, 11) is 0. The van der Waals surface area contributed by atoms with Crippen LogP contribution in [0.5, 0.6) is 0 Å². The van der Waals surface area contributed by atoms with Gasteiger partial charge in [0.05, 0.1) is 0 Å². The highest BCUT2D eigenvalue weighted by Gasteiger charge is 2.13. The molecule has 0 N–H and O–H groups in total. The Morgan fingerprint density at radius 2 is 1.56 bits per heavy atom. The van der Waals surface area contributed by atoms with Crippen LogP contribution in [0.25, 0.3) is 0 Å². The largest absolute Gasteiger partial charge is 0.550 e. The minimum absolute atomic E-state index is 0.107. The Morgan fingerprint density at radius 1 is 0.920 bits per heavy atom. The van der Waals surface area contributed by atoms with Gasteiger partial charge in [0.15, 0.2) is 0 Å². The third kappa shape index (κ3) is 9.28. The molecular weight excluding hydrogens is 316 g/mol. The topological polar surface area (TPSA) is 80.3 Å². The van der Waals surface area contributed by atoms with Crippen molar-refractivity contribution < 1.29 is 19.8 Å². The number of aryl methyl sites for hydroxylation is 1. The van der Waals surface area contributed by atoms with E-state index in [0.717, 1.165) is 50.5 Å². The van der Waals surface area contributed by atoms with Crippen molar-refractivity contribution in [1.82, 2.24) is 0 Å². The van der Waals surface area contributed by atoms with Crippen LogP contribution in [0.2, 0.25) is 0 Å². The maximum Gasteiger partial charge on any atom is 0.0448 e. The Balaban J connectivity index is 2.42. The van der Waals surface area contributed by atoms with E-state index in [-0.39, 0.29) is 6.42 Å². The zero-order chi connectivity index (χ0) is 18.5. The molecule has 0 fully saturated rings. The van der Waals surface area contributed by atoms with E-state index < -0.39 is 17.9 Å². The van der Waals surface area contributed by atoms with E-state index in [1.165, 1.54) is 5.56 Å². The number of hydrogen-bond acceptors (Lipinski definition) is 4. The number of benzene rings is 1. The van der Waals surface area contributed by atoms with Crippen molar-refractivity contribution in [3.8, 4) is 0 Å². The average Bonchev–Trinajstić information content (AvgIpc) is 2.58. The molecule has 1 aromatic rings. The molecule has 1 unspecified atom stereocenters. The van der Waals surface area contributed by atoms with Crippen LogP contribution in [0.1, 0.15) is 75.8 Å². The van der Waals surface area contributed by atoms with Crippen LogP contribution in [0.4, 0.5) is 0 Å². The van der Waals surface area contributed by atoms with Gasteiger partial charge in [-0.15, -0.1) is 0 Å². The summed E-state index contributed by atoms with van der Waals surface area (Å²) >= 11 is 0. The van der Waals surface area contributed by atoms with Gasteiger partial charge in [0.1, 0.15) is 0 Å². The summed E-state index contributed by atoms with van der Waals surface area (Å²) in [6, 6.07) is 8.10. The summed E-state index contributed by atoms with van der Waals surface area (Å²) in [5.74, 6) is -2.42. The lowest BCUT2D eigenvalue weighted by Crippen LogP contribution is -2.32. The van der Waals surface area contributed by atoms with Gasteiger partial charge in [0.25, 0.3) is 0 Å². The number of carboxylic acids is 2. The standard InChI is InChI=1S/C21H32O4/c1-2-3-11-17-12-9-10-13-18(17)16-19(21(24)25)14-7-5-4-6-8-15-20(22)23/h9-10,12-13,19H,2-8,11,14-16H2,1H3,(H,22,23)(H,24,25)/p-2. The van der Waals surface area contributed by atoms with Gasteiger partial charge < -0.3 is 19.8 Å². The maximum atomic E-state index is 11.5. The lowest BCUT2D eigenvalue weighted by molar-refractivity contribution is -0.312. The summed E-state index contributed by atoms with van der Waals surface area (Å²) in [6.07, 6.45) is 8.66. The second kappa shape index (κ2) is 12.5. The van der Waals surface area contributed by atoms with Gasteiger partial charge in [-0.3, -0.25) is 0 Å². The first-order valence-corrected chi connectivity index (χ1v) is 9.52. The minimum Gasteiger partial charge on any atom is -0.550 e. The predicted molar refractivity (Wildman–Crippen MR) is 94.6 cm³/mol. The van der Waals surface area contributed by atoms with E-state index >= 15 is 0 Å². The summed E-state index contributed by atoms with van der Waals surface area (Å²) < 4.78 is 0. The van der Waals surface area contributed by atoms with Crippen molar-refractivity contribution in [2.75, 3.05) is 0 Å². The molecular formula is C21H30O4-2. The van der Waals surface area contributed by atoms with E-state index in [2.05, 4.69) is 13.0 Å². The minimum atomic E-state index is -1.00. The third-order valence-corrected chi connectivity index (χ3v) is 4.65. The molecule has 0 saturated heterocycles. The van der Waals surface area contributed by atoms with Crippen LogP contribution in [0, 0.1) is 5.92 Å². The second-order valence-electron chi connectivity index (χ2n) is 6.77. The van der Waals surface area contributed by atoms with Gasteiger partial charge in [-0.2, -0.15) is 0 Å². The number of hydrogen-bond donors (Lipinski definition) is 0. The molecule has 4 heteroatoms. The van der Waals surface area contributed by atoms with Crippen LogP contribution < -0.4 is 10.2 Å². The highest BCUT2D eigenvalue weighted by molar-refractivity contribution is 5.68. The SMILES string of the molecule is CCCCc1ccccc1CC(CCCCCCCC(=O)[O-])C(=O)[O-]. The van der Waals surface area contributed by atoms with Gasteiger partial charge >= 0.3 is 0 Å². The molecule has 1 aromatic carbocycles. The van der Waals surface area contributed by atoms with Crippen LogP contribution in [0.15, 0.2) is 24.3 Å². The fourth-order valence-electron chi connectivity index (χ4n) is 3.13. The van der Waals surface area contributed by atoms with Crippen molar-refractivity contribution in [2.24, 2.45) is 5.92 Å². The highest BCUT2D eigenvalue weighted by Crippen LogP contribution is 2.20. The molecule has 0 amide bonds. The number of rotatable bonds is 14. The molecule has 0 aliphatic heterocycles. The van der Waals surface area contributed by atoms with Crippen molar-refractivity contribution in [1.29, 1.82) is 0 Å². The zero-order valence-electron chi connectivity index (χ0n) is 15.3. The summed E-state index contributed by atoms with van der Waals surface area (Å²) in [5.41, 5.74) is 2.37. The number of carbonyl (C=O) groups excluding carboxylic acids is 2. The molecule has 0 spiro atoms. The highest BCUT2D eigenvalue weighted by atomic mass is 16.4. The van der Waals surface area contributed by atoms with Crippen LogP contribution in [-0.2, 0) is 22.4 Å². The predicted octanol–water partition coefficient (Wildman–Crippen LogP) is 2.42. The van der Waals surface area contributed by atoms with Gasteiger partial charge in [0.2, 0.25) is 0 Å². The maximum absolute atomic E-state index is 11.5. The molecule has 4 nitrogen and oxygen atoms in total. The number of unbranched alkanes of at least 4 members (excludes halogenated alkanes) is 5. The summed E-state index contributed by atoms with van der Waals surface area (Å²) in [5, 5.41) is 21.8. The van der Waals surface area contributed by atoms with Crippen molar-refractivity contribution >= 4 is 11.9 Å². The number of carbonyl (C=O) groups is 2. The van der Waals surface area contributed by atoms with E-state index in [1.54, 1.807) is 0 Å². The normalized spacial score (nSPS) is 12.0. The van der Waals surface area contributed by atoms with Crippen LogP contribution in [-0.4, -0.2) is 11.9 Å². The molecule has 0 bridgehead atoms. The smallest absolute Gasteiger partial charge is 0.0448 e. The van der Waals surface area contributed by atoms with E-state index in [9.17, 15) is 19.8 Å². The average molecular weight is 346 g/mol. The second-order valence-corrected chi connectivity index (χ2v) is 6.77. The first kappa shape index (κ1) is 21.2. The molecule has 25 heavy (non-hydrogen) atoms. The number of carboxylic acid groups (broad SMARTS) is 2. The quantitative estimate of drug-likeness (QED) is 0.485. The molecule has 1 atom stereocenters. The van der Waals surface area contributed by atoms with Crippen molar-refractivity contribution in [3.63, 3.8) is 0 Å². The van der Waals surface area contributed by atoms with Gasteiger partial charge in [-0.05, 0) is 49.7 Å². The first-order valence-electron chi connectivity index (χ1n) is 9.52. The molecule has 0 aromatic heterocycles. The first-order chi connectivity index (χ1) is 12.0. The summed E-state index contributed by atoms with van der Waals surface area (Å²) in [6.45, 7) is 2.15. The Morgan fingerprint density at radius 3 is 2.20 bits per heavy atom. The molecule has 0 aliphatic rings. The van der Waals surface area contributed by atoms with E-state index in [0.29, 0.717) is 19.3 Å². The lowest BCUT2D eigenvalue weighted by Gasteiger charge is -2.20. The lowest BCUT2D eigenvalue weighted by atomic mass is 9.90. The molecule has 140 valence electrons. The Labute approximate surface area is 151 Å². The fourth-order valence-corrected chi connectivity index (χ4v) is 3.13. The molecule has 0 heterocycles. The molecule has 0 saturated carbocycles. The zero-order valence-corrected chi connectivity index (χ0v) is 15.3. The van der Waals surface area contributed by atoms with Gasteiger partial charge in [0, 0.05) is 17.9 Å². The van der Waals surface area contributed by atoms with Gasteiger partial charge in [-0.25, -0.2) is 0 Å². The Bertz CT molecular complexity index is 524. The van der Waals surface area contributed by atoms with Crippen LogP contribution in [0.3, 0.4) is 0 Å². The Hall–Kier alpha value is -1.84.